The van der Waals surface area contributed by atoms with Crippen molar-refractivity contribution in [1.82, 2.24) is 9.88 Å². The van der Waals surface area contributed by atoms with Gasteiger partial charge in [0.1, 0.15) is 5.82 Å². The average Bonchev–Trinajstić information content (AvgIpc) is 2.67. The molecule has 25 heavy (non-hydrogen) atoms. The van der Waals surface area contributed by atoms with Gasteiger partial charge in [0.2, 0.25) is 0 Å². The van der Waals surface area contributed by atoms with Gasteiger partial charge in [-0.1, -0.05) is 35.9 Å². The molecule has 4 heteroatoms. The highest BCUT2D eigenvalue weighted by molar-refractivity contribution is 5.94. The van der Waals surface area contributed by atoms with E-state index in [0.29, 0.717) is 0 Å². The van der Waals surface area contributed by atoms with Crippen LogP contribution < -0.4 is 4.90 Å². The number of nitrogens with zero attached hydrogens (tertiary/aromatic N) is 3. The summed E-state index contributed by atoms with van der Waals surface area (Å²) >= 11 is 0. The maximum atomic E-state index is 12.7. The summed E-state index contributed by atoms with van der Waals surface area (Å²) in [6.07, 6.45) is 0. The van der Waals surface area contributed by atoms with Crippen molar-refractivity contribution in [2.45, 2.75) is 6.92 Å². The first-order valence-electron chi connectivity index (χ1n) is 8.67. The second-order valence-corrected chi connectivity index (χ2v) is 6.51. The van der Waals surface area contributed by atoms with Gasteiger partial charge in [-0.2, -0.15) is 0 Å². The fourth-order valence-corrected chi connectivity index (χ4v) is 3.33. The van der Waals surface area contributed by atoms with Crippen molar-refractivity contribution in [2.24, 2.45) is 0 Å². The Balaban J connectivity index is 1.46. The van der Waals surface area contributed by atoms with Crippen molar-refractivity contribution in [3.05, 3.63) is 71.8 Å². The molecule has 0 aliphatic carbocycles. The quantitative estimate of drug-likeness (QED) is 0.721. The predicted octanol–water partition coefficient (Wildman–Crippen LogP) is 3.51. The molecule has 0 bridgehead atoms. The number of anilines is 1. The lowest BCUT2D eigenvalue weighted by molar-refractivity contribution is 0.0746. The molecule has 2 aromatic carbocycles. The summed E-state index contributed by atoms with van der Waals surface area (Å²) in [5, 5.41) is 1.15. The molecule has 1 aromatic heterocycles. The minimum atomic E-state index is 0.120. The van der Waals surface area contributed by atoms with Gasteiger partial charge in [-0.05, 0) is 37.3 Å². The fraction of sp³-hybridized carbons (Fsp3) is 0.238. The zero-order valence-corrected chi connectivity index (χ0v) is 14.4. The molecule has 1 saturated heterocycles. The second-order valence-electron chi connectivity index (χ2n) is 6.51. The van der Waals surface area contributed by atoms with Crippen molar-refractivity contribution >= 4 is 22.6 Å². The summed E-state index contributed by atoms with van der Waals surface area (Å²) in [7, 11) is 0. The van der Waals surface area contributed by atoms with Crippen LogP contribution in [-0.2, 0) is 0 Å². The van der Waals surface area contributed by atoms with E-state index in [4.69, 9.17) is 4.98 Å². The zero-order chi connectivity index (χ0) is 17.2. The molecule has 0 atom stereocenters. The number of piperazine rings is 1. The summed E-state index contributed by atoms with van der Waals surface area (Å²) in [6.45, 7) is 5.08. The number of pyridine rings is 1. The lowest BCUT2D eigenvalue weighted by atomic mass is 10.1. The molecular weight excluding hydrogens is 310 g/mol. The molecular formula is C21H21N3O. The third kappa shape index (κ3) is 3.20. The van der Waals surface area contributed by atoms with E-state index in [0.717, 1.165) is 54.0 Å². The molecule has 4 nitrogen and oxygen atoms in total. The minimum Gasteiger partial charge on any atom is -0.353 e. The molecule has 0 N–H and O–H groups in total. The van der Waals surface area contributed by atoms with E-state index in [-0.39, 0.29) is 5.91 Å². The van der Waals surface area contributed by atoms with E-state index in [1.807, 2.05) is 54.3 Å². The number of para-hydroxylation sites is 1. The van der Waals surface area contributed by atoms with Crippen LogP contribution in [0.5, 0.6) is 0 Å². The summed E-state index contributed by atoms with van der Waals surface area (Å²) in [6, 6.07) is 20.1. The van der Waals surface area contributed by atoms with Gasteiger partial charge in [-0.3, -0.25) is 4.79 Å². The van der Waals surface area contributed by atoms with E-state index in [1.54, 1.807) is 0 Å². The maximum Gasteiger partial charge on any atom is 0.253 e. The summed E-state index contributed by atoms with van der Waals surface area (Å²) in [5.41, 5.74) is 2.90. The highest BCUT2D eigenvalue weighted by Gasteiger charge is 2.23. The SMILES string of the molecule is Cc1cccc(C(=O)N2CCN(c3ccc4ccccc4n3)CC2)c1. The van der Waals surface area contributed by atoms with Crippen molar-refractivity contribution in [3.8, 4) is 0 Å². The average molecular weight is 331 g/mol. The zero-order valence-electron chi connectivity index (χ0n) is 14.4. The Morgan fingerprint density at radius 1 is 0.920 bits per heavy atom. The van der Waals surface area contributed by atoms with Crippen molar-refractivity contribution in [2.75, 3.05) is 31.1 Å². The van der Waals surface area contributed by atoms with Gasteiger partial charge in [0.15, 0.2) is 0 Å². The Morgan fingerprint density at radius 3 is 2.52 bits per heavy atom. The fourth-order valence-electron chi connectivity index (χ4n) is 3.33. The number of fused-ring (bicyclic) bond motifs is 1. The van der Waals surface area contributed by atoms with E-state index in [9.17, 15) is 4.79 Å². The Bertz CT molecular complexity index is 914. The van der Waals surface area contributed by atoms with Crippen LogP contribution in [0.25, 0.3) is 10.9 Å². The highest BCUT2D eigenvalue weighted by Crippen LogP contribution is 2.20. The molecule has 0 saturated carbocycles. The molecule has 1 aliphatic heterocycles. The van der Waals surface area contributed by atoms with Gasteiger partial charge >= 0.3 is 0 Å². The number of carbonyl (C=O) groups excluding carboxylic acids is 1. The standard InChI is InChI=1S/C21H21N3O/c1-16-5-4-7-18(15-16)21(25)24-13-11-23(12-14-24)20-10-9-17-6-2-3-8-19(17)22-20/h2-10,15H,11-14H2,1H3. The summed E-state index contributed by atoms with van der Waals surface area (Å²) in [5.74, 6) is 1.11. The molecule has 0 radical (unpaired) electrons. The van der Waals surface area contributed by atoms with Crippen LogP contribution in [0.4, 0.5) is 5.82 Å². The molecule has 2 heterocycles. The molecule has 0 unspecified atom stereocenters. The Morgan fingerprint density at radius 2 is 1.72 bits per heavy atom. The summed E-state index contributed by atoms with van der Waals surface area (Å²) in [4.78, 5) is 21.6. The van der Waals surface area contributed by atoms with Gasteiger partial charge < -0.3 is 9.80 Å². The lowest BCUT2D eigenvalue weighted by Gasteiger charge is -2.35. The number of aryl methyl sites for hydroxylation is 1. The second kappa shape index (κ2) is 6.55. The van der Waals surface area contributed by atoms with Crippen LogP contribution in [-0.4, -0.2) is 42.0 Å². The van der Waals surface area contributed by atoms with E-state index in [2.05, 4.69) is 23.1 Å². The predicted molar refractivity (Wildman–Crippen MR) is 101 cm³/mol. The van der Waals surface area contributed by atoms with Crippen LogP contribution in [0.3, 0.4) is 0 Å². The van der Waals surface area contributed by atoms with Gasteiger partial charge in [0, 0.05) is 37.1 Å². The van der Waals surface area contributed by atoms with Crippen LogP contribution in [0.1, 0.15) is 15.9 Å². The molecule has 0 spiro atoms. The maximum absolute atomic E-state index is 12.7. The number of hydrogen-bond acceptors (Lipinski definition) is 3. The molecule has 4 rings (SSSR count). The number of hydrogen-bond donors (Lipinski definition) is 0. The number of carbonyl (C=O) groups is 1. The number of rotatable bonds is 2. The third-order valence-electron chi connectivity index (χ3n) is 4.74. The van der Waals surface area contributed by atoms with E-state index in [1.165, 1.54) is 0 Å². The number of benzene rings is 2. The minimum absolute atomic E-state index is 0.120. The first-order valence-corrected chi connectivity index (χ1v) is 8.67. The van der Waals surface area contributed by atoms with Crippen molar-refractivity contribution in [1.29, 1.82) is 0 Å². The first kappa shape index (κ1) is 15.6. The lowest BCUT2D eigenvalue weighted by Crippen LogP contribution is -2.49. The Hall–Kier alpha value is -2.88. The Labute approximate surface area is 147 Å². The summed E-state index contributed by atoms with van der Waals surface area (Å²) < 4.78 is 0. The van der Waals surface area contributed by atoms with Gasteiger partial charge in [0.05, 0.1) is 5.52 Å². The van der Waals surface area contributed by atoms with Gasteiger partial charge in [0.25, 0.3) is 5.91 Å². The van der Waals surface area contributed by atoms with Crippen molar-refractivity contribution in [3.63, 3.8) is 0 Å². The molecule has 1 fully saturated rings. The highest BCUT2D eigenvalue weighted by atomic mass is 16.2. The number of amides is 1. The largest absolute Gasteiger partial charge is 0.353 e. The smallest absolute Gasteiger partial charge is 0.253 e. The monoisotopic (exact) mass is 331 g/mol. The normalized spacial score (nSPS) is 14.8. The molecule has 1 aliphatic rings. The van der Waals surface area contributed by atoms with E-state index < -0.39 is 0 Å². The molecule has 126 valence electrons. The molecule has 3 aromatic rings. The topological polar surface area (TPSA) is 36.4 Å². The van der Waals surface area contributed by atoms with Crippen LogP contribution in [0.15, 0.2) is 60.7 Å². The first-order chi connectivity index (χ1) is 12.2. The van der Waals surface area contributed by atoms with Crippen LogP contribution >= 0.6 is 0 Å². The number of aromatic nitrogens is 1. The van der Waals surface area contributed by atoms with Crippen molar-refractivity contribution < 1.29 is 4.79 Å². The Kier molecular flexibility index (Phi) is 4.10. The van der Waals surface area contributed by atoms with Gasteiger partial charge in [-0.25, -0.2) is 4.98 Å². The van der Waals surface area contributed by atoms with E-state index >= 15 is 0 Å². The molecule has 1 amide bonds. The van der Waals surface area contributed by atoms with Crippen LogP contribution in [0.2, 0.25) is 0 Å². The van der Waals surface area contributed by atoms with Gasteiger partial charge in [-0.15, -0.1) is 0 Å². The third-order valence-corrected chi connectivity index (χ3v) is 4.74. The van der Waals surface area contributed by atoms with Crippen LogP contribution in [0, 0.1) is 6.92 Å².